The molecule has 0 bridgehead atoms. The van der Waals surface area contributed by atoms with E-state index in [1.807, 2.05) is 30.3 Å². The molecular formula is C21H26O4. The van der Waals surface area contributed by atoms with Gasteiger partial charge in [-0.3, -0.25) is 0 Å². The van der Waals surface area contributed by atoms with Crippen molar-refractivity contribution in [2.24, 2.45) is 0 Å². The topological polar surface area (TPSA) is 47.9 Å². The molecule has 0 fully saturated rings. The lowest BCUT2D eigenvalue weighted by Crippen LogP contribution is -2.42. The summed E-state index contributed by atoms with van der Waals surface area (Å²) in [5.74, 6) is 2.34. The Morgan fingerprint density at radius 1 is 0.960 bits per heavy atom. The molecule has 4 heteroatoms. The minimum atomic E-state index is -0.548. The minimum Gasteiger partial charge on any atom is -0.497 e. The third-order valence-corrected chi connectivity index (χ3v) is 5.08. The summed E-state index contributed by atoms with van der Waals surface area (Å²) in [4.78, 5) is 0. The average Bonchev–Trinajstić information content (AvgIpc) is 2.59. The molecule has 1 N–H and O–H groups in total. The zero-order valence-corrected chi connectivity index (χ0v) is 15.6. The van der Waals surface area contributed by atoms with Crippen LogP contribution in [0.25, 0.3) is 0 Å². The molecule has 1 aliphatic heterocycles. The molecule has 0 amide bonds. The Morgan fingerprint density at radius 2 is 1.56 bits per heavy atom. The lowest BCUT2D eigenvalue weighted by molar-refractivity contribution is 0.0303. The van der Waals surface area contributed by atoms with E-state index in [1.54, 1.807) is 14.2 Å². The SMILES string of the molecule is COc1ccc(C2(C)CC(C)(C)c3ccc(OC)cc3O2)c(CO)c1. The number of benzene rings is 2. The van der Waals surface area contributed by atoms with Crippen LogP contribution in [0.15, 0.2) is 36.4 Å². The molecule has 134 valence electrons. The van der Waals surface area contributed by atoms with E-state index >= 15 is 0 Å². The number of aliphatic hydroxyl groups excluding tert-OH is 1. The van der Waals surface area contributed by atoms with E-state index in [0.717, 1.165) is 34.8 Å². The molecule has 1 heterocycles. The average molecular weight is 342 g/mol. The highest BCUT2D eigenvalue weighted by Gasteiger charge is 2.44. The third kappa shape index (κ3) is 3.07. The quantitative estimate of drug-likeness (QED) is 0.906. The van der Waals surface area contributed by atoms with Gasteiger partial charge in [-0.1, -0.05) is 26.0 Å². The summed E-state index contributed by atoms with van der Waals surface area (Å²) < 4.78 is 17.1. The zero-order valence-electron chi connectivity index (χ0n) is 15.6. The van der Waals surface area contributed by atoms with Crippen molar-refractivity contribution in [2.45, 2.75) is 44.8 Å². The molecule has 0 aromatic heterocycles. The maximum Gasteiger partial charge on any atom is 0.132 e. The van der Waals surface area contributed by atoms with E-state index in [0.29, 0.717) is 0 Å². The van der Waals surface area contributed by atoms with Gasteiger partial charge in [-0.15, -0.1) is 0 Å². The highest BCUT2D eigenvalue weighted by atomic mass is 16.5. The molecule has 1 unspecified atom stereocenters. The number of hydrogen-bond acceptors (Lipinski definition) is 4. The largest absolute Gasteiger partial charge is 0.497 e. The van der Waals surface area contributed by atoms with Gasteiger partial charge in [-0.2, -0.15) is 0 Å². The minimum absolute atomic E-state index is 0.0587. The van der Waals surface area contributed by atoms with Gasteiger partial charge in [0.2, 0.25) is 0 Å². The second-order valence-electron chi connectivity index (χ2n) is 7.44. The number of fused-ring (bicyclic) bond motifs is 1. The molecule has 2 aromatic carbocycles. The van der Waals surface area contributed by atoms with Crippen LogP contribution in [0, 0.1) is 0 Å². The first-order chi connectivity index (χ1) is 11.8. The molecule has 1 atom stereocenters. The smallest absolute Gasteiger partial charge is 0.132 e. The number of rotatable bonds is 4. The van der Waals surface area contributed by atoms with Gasteiger partial charge in [0.05, 0.1) is 20.8 Å². The highest BCUT2D eigenvalue weighted by Crippen LogP contribution is 2.50. The summed E-state index contributed by atoms with van der Waals surface area (Å²) in [5, 5.41) is 9.86. The lowest BCUT2D eigenvalue weighted by atomic mass is 9.70. The molecule has 2 aromatic rings. The van der Waals surface area contributed by atoms with Crippen LogP contribution in [-0.4, -0.2) is 19.3 Å². The first-order valence-corrected chi connectivity index (χ1v) is 8.49. The van der Waals surface area contributed by atoms with Crippen molar-refractivity contribution < 1.29 is 19.3 Å². The second kappa shape index (κ2) is 6.26. The van der Waals surface area contributed by atoms with Gasteiger partial charge in [0.25, 0.3) is 0 Å². The summed E-state index contributed by atoms with van der Waals surface area (Å²) >= 11 is 0. The molecule has 0 saturated heterocycles. The predicted octanol–water partition coefficient (Wildman–Crippen LogP) is 4.17. The lowest BCUT2D eigenvalue weighted by Gasteiger charge is -2.45. The third-order valence-electron chi connectivity index (χ3n) is 5.08. The van der Waals surface area contributed by atoms with E-state index in [4.69, 9.17) is 14.2 Å². The van der Waals surface area contributed by atoms with Crippen LogP contribution in [0.5, 0.6) is 17.2 Å². The Labute approximate surface area is 149 Å². The normalized spacial score (nSPS) is 21.2. The highest BCUT2D eigenvalue weighted by molar-refractivity contribution is 5.49. The summed E-state index contributed by atoms with van der Waals surface area (Å²) in [7, 11) is 3.28. The number of methoxy groups -OCH3 is 2. The zero-order chi connectivity index (χ0) is 18.2. The van der Waals surface area contributed by atoms with E-state index in [2.05, 4.69) is 26.8 Å². The van der Waals surface area contributed by atoms with Crippen LogP contribution in [-0.2, 0) is 17.6 Å². The van der Waals surface area contributed by atoms with Gasteiger partial charge < -0.3 is 19.3 Å². The van der Waals surface area contributed by atoms with Crippen molar-refractivity contribution >= 4 is 0 Å². The summed E-state index contributed by atoms with van der Waals surface area (Å²) in [5.41, 5.74) is 2.36. The number of ether oxygens (including phenoxy) is 3. The number of aliphatic hydroxyl groups is 1. The van der Waals surface area contributed by atoms with Gasteiger partial charge in [-0.25, -0.2) is 0 Å². The van der Waals surface area contributed by atoms with Crippen LogP contribution in [0.3, 0.4) is 0 Å². The molecule has 0 radical (unpaired) electrons. The maximum atomic E-state index is 9.86. The van der Waals surface area contributed by atoms with Gasteiger partial charge in [0.15, 0.2) is 0 Å². The van der Waals surface area contributed by atoms with Crippen molar-refractivity contribution in [3.8, 4) is 17.2 Å². The molecule has 4 nitrogen and oxygen atoms in total. The van der Waals surface area contributed by atoms with Crippen LogP contribution in [0.4, 0.5) is 0 Å². The Hall–Kier alpha value is -2.20. The van der Waals surface area contributed by atoms with Crippen LogP contribution >= 0.6 is 0 Å². The first-order valence-electron chi connectivity index (χ1n) is 8.49. The van der Waals surface area contributed by atoms with Gasteiger partial charge in [0.1, 0.15) is 22.8 Å². The van der Waals surface area contributed by atoms with Crippen molar-refractivity contribution in [1.29, 1.82) is 0 Å². The van der Waals surface area contributed by atoms with E-state index in [-0.39, 0.29) is 12.0 Å². The van der Waals surface area contributed by atoms with Crippen LogP contribution < -0.4 is 14.2 Å². The monoisotopic (exact) mass is 342 g/mol. The first kappa shape index (κ1) is 17.6. The van der Waals surface area contributed by atoms with Gasteiger partial charge in [-0.05, 0) is 36.1 Å². The molecule has 0 spiro atoms. The molecular weight excluding hydrogens is 316 g/mol. The molecule has 25 heavy (non-hydrogen) atoms. The Kier molecular flexibility index (Phi) is 4.41. The van der Waals surface area contributed by atoms with Crippen LogP contribution in [0.2, 0.25) is 0 Å². The van der Waals surface area contributed by atoms with Crippen molar-refractivity contribution in [1.82, 2.24) is 0 Å². The summed E-state index contributed by atoms with van der Waals surface area (Å²) in [6, 6.07) is 11.8. The fourth-order valence-corrected chi connectivity index (χ4v) is 3.98. The molecule has 3 rings (SSSR count). The number of hydrogen-bond donors (Lipinski definition) is 1. The molecule has 0 saturated carbocycles. The standard InChI is InChI=1S/C21H26O4/c1-20(2)13-21(3,17-8-6-15(23-4)10-14(17)12-22)25-19-11-16(24-5)7-9-18(19)20/h6-11,22H,12-13H2,1-5H3. The van der Waals surface area contributed by atoms with Crippen molar-refractivity contribution in [3.05, 3.63) is 53.1 Å². The maximum absolute atomic E-state index is 9.86. The van der Waals surface area contributed by atoms with E-state index in [9.17, 15) is 5.11 Å². The Balaban J connectivity index is 2.11. The van der Waals surface area contributed by atoms with Gasteiger partial charge >= 0.3 is 0 Å². The van der Waals surface area contributed by atoms with Crippen molar-refractivity contribution in [3.63, 3.8) is 0 Å². The van der Waals surface area contributed by atoms with E-state index in [1.165, 1.54) is 5.56 Å². The van der Waals surface area contributed by atoms with E-state index < -0.39 is 5.60 Å². The predicted molar refractivity (Wildman–Crippen MR) is 97.5 cm³/mol. The van der Waals surface area contributed by atoms with Crippen molar-refractivity contribution in [2.75, 3.05) is 14.2 Å². The molecule has 1 aliphatic rings. The second-order valence-corrected chi connectivity index (χ2v) is 7.44. The fourth-order valence-electron chi connectivity index (χ4n) is 3.98. The van der Waals surface area contributed by atoms with Gasteiger partial charge in [0, 0.05) is 23.6 Å². The summed E-state index contributed by atoms with van der Waals surface area (Å²) in [6.45, 7) is 6.47. The van der Waals surface area contributed by atoms with Crippen LogP contribution in [0.1, 0.15) is 43.9 Å². The fraction of sp³-hybridized carbons (Fsp3) is 0.429. The Bertz CT molecular complexity index is 781. The summed E-state index contributed by atoms with van der Waals surface area (Å²) in [6.07, 6.45) is 0.804. The Morgan fingerprint density at radius 3 is 2.16 bits per heavy atom. The molecule has 0 aliphatic carbocycles.